The van der Waals surface area contributed by atoms with Gasteiger partial charge in [-0.1, -0.05) is 42.5 Å². The minimum atomic E-state index is -0.406. The standard InChI is InChI=1S/C29H34N6O4/c36-27(34-39-26-8-4-5-17-38-26)24-19-30-28(31-20-24)35-15-13-21(14-16-35)18-32-29(37)33-25-11-9-23(10-12-25)22-6-2-1-3-7-22/h1-3,6-7,9-12,19-21,26H,4-5,8,13-18H2,(H,34,36)(H2,32,33,37). The van der Waals surface area contributed by atoms with E-state index in [9.17, 15) is 9.59 Å². The van der Waals surface area contributed by atoms with Crippen LogP contribution >= 0.6 is 0 Å². The van der Waals surface area contributed by atoms with Crippen molar-refractivity contribution in [1.29, 1.82) is 0 Å². The van der Waals surface area contributed by atoms with Gasteiger partial charge in [-0.05, 0) is 54.9 Å². The number of hydrogen-bond acceptors (Lipinski definition) is 7. The second kappa shape index (κ2) is 13.2. The number of carbonyl (C=O) groups excluding carboxylic acids is 2. The summed E-state index contributed by atoms with van der Waals surface area (Å²) in [5.41, 5.74) is 5.75. The molecule has 3 N–H and O–H groups in total. The van der Waals surface area contributed by atoms with Crippen LogP contribution in [0.25, 0.3) is 11.1 Å². The van der Waals surface area contributed by atoms with Gasteiger partial charge in [-0.25, -0.2) is 25.1 Å². The fourth-order valence-electron chi connectivity index (χ4n) is 4.71. The zero-order chi connectivity index (χ0) is 26.9. The fourth-order valence-corrected chi connectivity index (χ4v) is 4.71. The quantitative estimate of drug-likeness (QED) is 0.370. The Morgan fingerprint density at radius 2 is 1.64 bits per heavy atom. The van der Waals surface area contributed by atoms with Crippen LogP contribution < -0.4 is 21.0 Å². The van der Waals surface area contributed by atoms with Crippen molar-refractivity contribution in [3.63, 3.8) is 0 Å². The molecule has 2 aromatic carbocycles. The number of hydroxylamine groups is 1. The number of anilines is 2. The van der Waals surface area contributed by atoms with Crippen molar-refractivity contribution in [1.82, 2.24) is 20.8 Å². The summed E-state index contributed by atoms with van der Waals surface area (Å²) in [7, 11) is 0. The van der Waals surface area contributed by atoms with Crippen LogP contribution in [0.5, 0.6) is 0 Å². The smallest absolute Gasteiger partial charge is 0.319 e. The Morgan fingerprint density at radius 3 is 2.33 bits per heavy atom. The van der Waals surface area contributed by atoms with Crippen molar-refractivity contribution in [3.05, 3.63) is 72.6 Å². The molecule has 1 unspecified atom stereocenters. The van der Waals surface area contributed by atoms with Crippen molar-refractivity contribution < 1.29 is 19.2 Å². The Kier molecular flexibility index (Phi) is 8.97. The molecule has 2 aliphatic rings. The fraction of sp³-hybridized carbons (Fsp3) is 0.379. The van der Waals surface area contributed by atoms with Gasteiger partial charge in [-0.15, -0.1) is 0 Å². The van der Waals surface area contributed by atoms with Gasteiger partial charge in [0.05, 0.1) is 5.56 Å². The van der Waals surface area contributed by atoms with E-state index < -0.39 is 12.2 Å². The molecular formula is C29H34N6O4. The highest BCUT2D eigenvalue weighted by molar-refractivity contribution is 5.93. The summed E-state index contributed by atoms with van der Waals surface area (Å²) in [6.07, 6.45) is 7.21. The van der Waals surface area contributed by atoms with Gasteiger partial charge in [-0.3, -0.25) is 4.79 Å². The Morgan fingerprint density at radius 1 is 0.923 bits per heavy atom. The third-order valence-corrected chi connectivity index (χ3v) is 7.02. The van der Waals surface area contributed by atoms with Crippen LogP contribution in [0.4, 0.5) is 16.4 Å². The van der Waals surface area contributed by atoms with Crippen LogP contribution in [0, 0.1) is 5.92 Å². The predicted molar refractivity (Wildman–Crippen MR) is 148 cm³/mol. The van der Waals surface area contributed by atoms with E-state index in [1.54, 1.807) is 0 Å². The molecule has 1 atom stereocenters. The van der Waals surface area contributed by atoms with Crippen molar-refractivity contribution in [2.45, 2.75) is 38.4 Å². The minimum absolute atomic E-state index is 0.207. The first-order valence-electron chi connectivity index (χ1n) is 13.5. The Balaban J connectivity index is 1.01. The lowest BCUT2D eigenvalue weighted by atomic mass is 9.97. The molecule has 0 spiro atoms. The second-order valence-corrected chi connectivity index (χ2v) is 9.83. The molecule has 1 aromatic heterocycles. The van der Waals surface area contributed by atoms with E-state index in [0.29, 0.717) is 30.6 Å². The van der Waals surface area contributed by atoms with Crippen LogP contribution in [0.1, 0.15) is 42.5 Å². The number of hydrogen-bond donors (Lipinski definition) is 3. The maximum absolute atomic E-state index is 12.4. The molecule has 10 nitrogen and oxygen atoms in total. The normalized spacial score (nSPS) is 17.8. The van der Waals surface area contributed by atoms with Gasteiger partial charge in [0.25, 0.3) is 5.91 Å². The van der Waals surface area contributed by atoms with E-state index in [2.05, 4.69) is 43.1 Å². The van der Waals surface area contributed by atoms with Gasteiger partial charge in [-0.2, -0.15) is 0 Å². The Labute approximate surface area is 228 Å². The van der Waals surface area contributed by atoms with Gasteiger partial charge in [0.2, 0.25) is 5.95 Å². The van der Waals surface area contributed by atoms with Crippen molar-refractivity contribution >= 4 is 23.6 Å². The monoisotopic (exact) mass is 530 g/mol. The summed E-state index contributed by atoms with van der Waals surface area (Å²) in [5, 5.41) is 5.90. The first-order chi connectivity index (χ1) is 19.1. The summed E-state index contributed by atoms with van der Waals surface area (Å²) in [4.78, 5) is 40.9. The molecule has 5 rings (SSSR count). The zero-order valence-corrected chi connectivity index (χ0v) is 21.8. The highest BCUT2D eigenvalue weighted by atomic mass is 16.8. The predicted octanol–water partition coefficient (Wildman–Crippen LogP) is 4.37. The van der Waals surface area contributed by atoms with Gasteiger partial charge >= 0.3 is 6.03 Å². The summed E-state index contributed by atoms with van der Waals surface area (Å²) in [6, 6.07) is 17.7. The summed E-state index contributed by atoms with van der Waals surface area (Å²) >= 11 is 0. The largest absolute Gasteiger partial charge is 0.350 e. The molecule has 0 saturated carbocycles. The second-order valence-electron chi connectivity index (χ2n) is 9.83. The molecule has 0 bridgehead atoms. The molecule has 2 aliphatic heterocycles. The molecule has 0 radical (unpaired) electrons. The third-order valence-electron chi connectivity index (χ3n) is 7.02. The average Bonchev–Trinajstić information content (AvgIpc) is 3.00. The number of nitrogens with one attached hydrogen (secondary N) is 3. The lowest BCUT2D eigenvalue weighted by Crippen LogP contribution is -2.40. The summed E-state index contributed by atoms with van der Waals surface area (Å²) in [5.74, 6) is 0.564. The molecule has 10 heteroatoms. The van der Waals surface area contributed by atoms with E-state index in [0.717, 1.165) is 62.0 Å². The Hall–Kier alpha value is -4.02. The number of benzene rings is 2. The van der Waals surface area contributed by atoms with Crippen LogP contribution in [0.2, 0.25) is 0 Å². The minimum Gasteiger partial charge on any atom is -0.350 e. The van der Waals surface area contributed by atoms with Gasteiger partial charge in [0.15, 0.2) is 6.29 Å². The highest BCUT2D eigenvalue weighted by Gasteiger charge is 2.22. The van der Waals surface area contributed by atoms with E-state index in [-0.39, 0.29) is 6.03 Å². The van der Waals surface area contributed by atoms with E-state index in [1.165, 1.54) is 12.4 Å². The molecule has 2 fully saturated rings. The lowest BCUT2D eigenvalue weighted by molar-refractivity contribution is -0.186. The third kappa shape index (κ3) is 7.52. The van der Waals surface area contributed by atoms with Crippen molar-refractivity contribution in [2.75, 3.05) is 36.5 Å². The highest BCUT2D eigenvalue weighted by Crippen LogP contribution is 2.22. The zero-order valence-electron chi connectivity index (χ0n) is 21.8. The number of nitrogens with zero attached hydrogens (tertiary/aromatic N) is 3. The number of rotatable bonds is 8. The summed E-state index contributed by atoms with van der Waals surface area (Å²) in [6.45, 7) is 2.81. The first kappa shape index (κ1) is 26.6. The number of piperidine rings is 1. The molecule has 3 amide bonds. The SMILES string of the molecule is O=C(NCC1CCN(c2ncc(C(=O)NOC3CCCCO3)cn2)CC1)Nc1ccc(-c2ccccc2)cc1. The number of amides is 3. The van der Waals surface area contributed by atoms with Gasteiger partial charge < -0.3 is 20.3 Å². The molecular weight excluding hydrogens is 496 g/mol. The van der Waals surface area contributed by atoms with Crippen LogP contribution in [0.3, 0.4) is 0 Å². The lowest BCUT2D eigenvalue weighted by Gasteiger charge is -2.32. The molecule has 39 heavy (non-hydrogen) atoms. The van der Waals surface area contributed by atoms with Crippen LogP contribution in [-0.2, 0) is 9.57 Å². The van der Waals surface area contributed by atoms with E-state index in [1.807, 2.05) is 42.5 Å². The Bertz CT molecular complexity index is 1210. The molecule has 3 aromatic rings. The van der Waals surface area contributed by atoms with Crippen LogP contribution in [-0.4, -0.2) is 54.4 Å². The number of aromatic nitrogens is 2. The summed E-state index contributed by atoms with van der Waals surface area (Å²) < 4.78 is 5.44. The maximum atomic E-state index is 12.4. The average molecular weight is 531 g/mol. The van der Waals surface area contributed by atoms with E-state index >= 15 is 0 Å². The maximum Gasteiger partial charge on any atom is 0.319 e. The molecule has 2 saturated heterocycles. The topological polar surface area (TPSA) is 118 Å². The molecule has 3 heterocycles. The van der Waals surface area contributed by atoms with Crippen LogP contribution in [0.15, 0.2) is 67.0 Å². The van der Waals surface area contributed by atoms with E-state index in [4.69, 9.17) is 9.57 Å². The van der Waals surface area contributed by atoms with Crippen molar-refractivity contribution in [2.24, 2.45) is 5.92 Å². The van der Waals surface area contributed by atoms with Gasteiger partial charge in [0.1, 0.15) is 0 Å². The molecule has 204 valence electrons. The first-order valence-corrected chi connectivity index (χ1v) is 13.5. The van der Waals surface area contributed by atoms with Gasteiger partial charge in [0, 0.05) is 50.7 Å². The number of carbonyl (C=O) groups is 2. The number of ether oxygens (including phenoxy) is 1. The van der Waals surface area contributed by atoms with Crippen molar-refractivity contribution in [3.8, 4) is 11.1 Å². The number of urea groups is 1. The molecule has 0 aliphatic carbocycles.